The second-order valence-electron chi connectivity index (χ2n) is 2.75. The van der Waals surface area contributed by atoms with Crippen molar-refractivity contribution in [1.82, 2.24) is 0 Å². The molecule has 0 saturated heterocycles. The van der Waals surface area contributed by atoms with Gasteiger partial charge in [0.25, 0.3) is 6.29 Å². The molecular weight excluding hydrogens is 164 g/mol. The first-order valence-electron chi connectivity index (χ1n) is 4.08. The van der Waals surface area contributed by atoms with Crippen LogP contribution in [0.4, 0.5) is 0 Å². The lowest BCUT2D eigenvalue weighted by molar-refractivity contribution is -0.0246. The summed E-state index contributed by atoms with van der Waals surface area (Å²) in [5, 5.41) is 0. The fourth-order valence-electron chi connectivity index (χ4n) is 1.23. The Bertz CT molecular complexity index is 334. The highest BCUT2D eigenvalue weighted by Gasteiger charge is 2.14. The van der Waals surface area contributed by atoms with Crippen molar-refractivity contribution in [2.24, 2.45) is 0 Å². The molecule has 0 unspecified atom stereocenters. The second kappa shape index (κ2) is 3.35. The van der Waals surface area contributed by atoms with Gasteiger partial charge >= 0.3 is 0 Å². The van der Waals surface area contributed by atoms with Crippen molar-refractivity contribution in [3.63, 3.8) is 0 Å². The molecule has 0 atom stereocenters. The van der Waals surface area contributed by atoms with Gasteiger partial charge in [-0.2, -0.15) is 0 Å². The van der Waals surface area contributed by atoms with Crippen molar-refractivity contribution in [1.29, 1.82) is 0 Å². The topological polar surface area (TPSA) is 18.5 Å². The first kappa shape index (κ1) is 7.92. The number of benzene rings is 1. The quantitative estimate of drug-likeness (QED) is 0.686. The molecule has 1 aliphatic heterocycles. The van der Waals surface area contributed by atoms with Crippen molar-refractivity contribution >= 4 is 6.08 Å². The van der Waals surface area contributed by atoms with Crippen LogP contribution in [-0.2, 0) is 9.47 Å². The average molecular weight is 174 g/mol. The highest BCUT2D eigenvalue weighted by Crippen LogP contribution is 2.24. The van der Waals surface area contributed by atoms with E-state index < -0.39 is 0 Å². The third-order valence-corrected chi connectivity index (χ3v) is 1.88. The van der Waals surface area contributed by atoms with E-state index in [1.54, 1.807) is 18.6 Å². The maximum atomic E-state index is 5.20. The summed E-state index contributed by atoms with van der Waals surface area (Å²) in [6, 6.07) is 7.89. The van der Waals surface area contributed by atoms with Crippen LogP contribution < -0.4 is 0 Å². The molecule has 2 rings (SSSR count). The maximum Gasteiger partial charge on any atom is 0.266 e. The van der Waals surface area contributed by atoms with E-state index in [1.807, 2.05) is 24.3 Å². The van der Waals surface area contributed by atoms with E-state index in [2.05, 4.69) is 6.58 Å². The second-order valence-corrected chi connectivity index (χ2v) is 2.75. The van der Waals surface area contributed by atoms with Crippen LogP contribution in [-0.4, -0.2) is 0 Å². The van der Waals surface area contributed by atoms with Crippen molar-refractivity contribution in [3.05, 3.63) is 54.5 Å². The molecule has 0 aliphatic carbocycles. The zero-order valence-electron chi connectivity index (χ0n) is 7.14. The summed E-state index contributed by atoms with van der Waals surface area (Å²) < 4.78 is 10.4. The van der Waals surface area contributed by atoms with Crippen molar-refractivity contribution in [3.8, 4) is 0 Å². The van der Waals surface area contributed by atoms with Gasteiger partial charge in [0, 0.05) is 5.56 Å². The van der Waals surface area contributed by atoms with Crippen LogP contribution in [0.1, 0.15) is 17.4 Å². The Kier molecular flexibility index (Phi) is 2.04. The minimum absolute atomic E-state index is 0.292. The summed E-state index contributed by atoms with van der Waals surface area (Å²) in [5.74, 6) is 0. The third-order valence-electron chi connectivity index (χ3n) is 1.88. The molecular formula is C11H10O2. The summed E-state index contributed by atoms with van der Waals surface area (Å²) in [7, 11) is 0. The number of rotatable bonds is 2. The molecule has 0 aromatic heterocycles. The van der Waals surface area contributed by atoms with Crippen LogP contribution in [0.15, 0.2) is 43.4 Å². The standard InChI is InChI=1S/C11H10O2/c1-2-9-4-3-5-10(8-9)11-12-6-7-13-11/h2-8,11H,1H2. The summed E-state index contributed by atoms with van der Waals surface area (Å²) in [4.78, 5) is 0. The number of hydrogen-bond donors (Lipinski definition) is 0. The monoisotopic (exact) mass is 174 g/mol. The first-order chi connectivity index (χ1) is 6.40. The van der Waals surface area contributed by atoms with Crippen molar-refractivity contribution < 1.29 is 9.47 Å². The predicted molar refractivity (Wildman–Crippen MR) is 50.6 cm³/mol. The Balaban J connectivity index is 2.24. The smallest absolute Gasteiger partial charge is 0.266 e. The van der Waals surface area contributed by atoms with E-state index in [0.29, 0.717) is 0 Å². The van der Waals surface area contributed by atoms with Gasteiger partial charge in [0.15, 0.2) is 0 Å². The van der Waals surface area contributed by atoms with E-state index in [0.717, 1.165) is 11.1 Å². The molecule has 2 nitrogen and oxygen atoms in total. The van der Waals surface area contributed by atoms with Gasteiger partial charge in [0.2, 0.25) is 0 Å². The van der Waals surface area contributed by atoms with Crippen molar-refractivity contribution in [2.75, 3.05) is 0 Å². The highest BCUT2D eigenvalue weighted by molar-refractivity contribution is 5.48. The Morgan fingerprint density at radius 2 is 2.00 bits per heavy atom. The fourth-order valence-corrected chi connectivity index (χ4v) is 1.23. The molecule has 0 fully saturated rings. The highest BCUT2D eigenvalue weighted by atomic mass is 16.7. The molecule has 66 valence electrons. The van der Waals surface area contributed by atoms with Gasteiger partial charge in [-0.3, -0.25) is 0 Å². The molecule has 13 heavy (non-hydrogen) atoms. The van der Waals surface area contributed by atoms with Gasteiger partial charge in [-0.25, -0.2) is 0 Å². The van der Waals surface area contributed by atoms with Gasteiger partial charge in [-0.15, -0.1) is 0 Å². The fraction of sp³-hybridized carbons (Fsp3) is 0.0909. The summed E-state index contributed by atoms with van der Waals surface area (Å²) in [6.45, 7) is 3.70. The average Bonchev–Trinajstić information content (AvgIpc) is 2.71. The van der Waals surface area contributed by atoms with Gasteiger partial charge in [-0.1, -0.05) is 30.9 Å². The molecule has 0 spiro atoms. The molecule has 0 amide bonds. The number of ether oxygens (including phenoxy) is 2. The zero-order valence-corrected chi connectivity index (χ0v) is 7.14. The summed E-state index contributed by atoms with van der Waals surface area (Å²) in [6.07, 6.45) is 4.60. The Labute approximate surface area is 77.1 Å². The molecule has 1 heterocycles. The van der Waals surface area contributed by atoms with Crippen LogP contribution >= 0.6 is 0 Å². The summed E-state index contributed by atoms with van der Waals surface area (Å²) in [5.41, 5.74) is 2.07. The molecule has 0 N–H and O–H groups in total. The maximum absolute atomic E-state index is 5.20. The molecule has 2 heteroatoms. The first-order valence-corrected chi connectivity index (χ1v) is 4.08. The zero-order chi connectivity index (χ0) is 9.10. The van der Waals surface area contributed by atoms with E-state index in [-0.39, 0.29) is 6.29 Å². The normalized spacial score (nSPS) is 15.1. The van der Waals surface area contributed by atoms with Gasteiger partial charge in [0.1, 0.15) is 12.5 Å². The molecule has 1 aliphatic rings. The minimum Gasteiger partial charge on any atom is -0.455 e. The van der Waals surface area contributed by atoms with E-state index in [9.17, 15) is 0 Å². The third kappa shape index (κ3) is 1.56. The van der Waals surface area contributed by atoms with Gasteiger partial charge < -0.3 is 9.47 Å². The van der Waals surface area contributed by atoms with Crippen LogP contribution in [0.25, 0.3) is 6.08 Å². The van der Waals surface area contributed by atoms with Crippen LogP contribution in [0.2, 0.25) is 0 Å². The van der Waals surface area contributed by atoms with Crippen LogP contribution in [0, 0.1) is 0 Å². The van der Waals surface area contributed by atoms with E-state index in [1.165, 1.54) is 0 Å². The Morgan fingerprint density at radius 1 is 1.23 bits per heavy atom. The molecule has 1 aromatic carbocycles. The van der Waals surface area contributed by atoms with Crippen molar-refractivity contribution in [2.45, 2.75) is 6.29 Å². The van der Waals surface area contributed by atoms with Crippen LogP contribution in [0.3, 0.4) is 0 Å². The molecule has 0 radical (unpaired) electrons. The van der Waals surface area contributed by atoms with E-state index in [4.69, 9.17) is 9.47 Å². The lowest BCUT2D eigenvalue weighted by atomic mass is 10.1. The van der Waals surface area contributed by atoms with Crippen LogP contribution in [0.5, 0.6) is 0 Å². The SMILES string of the molecule is C=Cc1cccc(C2OC=CO2)c1. The number of hydrogen-bond acceptors (Lipinski definition) is 2. The minimum atomic E-state index is -0.292. The summed E-state index contributed by atoms with van der Waals surface area (Å²) >= 11 is 0. The van der Waals surface area contributed by atoms with E-state index >= 15 is 0 Å². The largest absolute Gasteiger partial charge is 0.455 e. The lowest BCUT2D eigenvalue weighted by Crippen LogP contribution is -1.97. The Hall–Kier alpha value is -1.70. The van der Waals surface area contributed by atoms with Gasteiger partial charge in [-0.05, 0) is 11.6 Å². The molecule has 1 aromatic rings. The van der Waals surface area contributed by atoms with Gasteiger partial charge in [0.05, 0.1) is 0 Å². The molecule has 0 bridgehead atoms. The Morgan fingerprint density at radius 3 is 2.69 bits per heavy atom. The lowest BCUT2D eigenvalue weighted by Gasteiger charge is -2.10. The molecule has 0 saturated carbocycles. The predicted octanol–water partition coefficient (Wildman–Crippen LogP) is 2.85.